The van der Waals surface area contributed by atoms with Gasteiger partial charge in [-0.2, -0.15) is 0 Å². The number of rotatable bonds is 7. The summed E-state index contributed by atoms with van der Waals surface area (Å²) >= 11 is 0. The number of anilines is 1. The molecule has 0 aromatic carbocycles. The number of sulfonamides is 1. The molecule has 1 aliphatic rings. The molecule has 0 bridgehead atoms. The van der Waals surface area contributed by atoms with Crippen LogP contribution in [0, 0.1) is 5.92 Å². The average molecular weight is 284 g/mol. The van der Waals surface area contributed by atoms with Gasteiger partial charge in [-0.1, -0.05) is 12.8 Å². The summed E-state index contributed by atoms with van der Waals surface area (Å²) in [4.78, 5) is 8.06. The van der Waals surface area contributed by atoms with E-state index < -0.39 is 10.0 Å². The molecule has 1 heterocycles. The Morgan fingerprint density at radius 2 is 2.00 bits per heavy atom. The Morgan fingerprint density at radius 1 is 1.37 bits per heavy atom. The van der Waals surface area contributed by atoms with Crippen LogP contribution in [0.25, 0.3) is 0 Å². The molecule has 7 heteroatoms. The lowest BCUT2D eigenvalue weighted by atomic mass is 10.2. The van der Waals surface area contributed by atoms with Gasteiger partial charge in [-0.15, -0.1) is 0 Å². The maximum Gasteiger partial charge on any atom is 0.243 e. The third kappa shape index (κ3) is 4.14. The molecular formula is C12H20N4O2S. The van der Waals surface area contributed by atoms with Crippen LogP contribution in [0.15, 0.2) is 17.3 Å². The molecule has 2 rings (SSSR count). The summed E-state index contributed by atoms with van der Waals surface area (Å²) in [6, 6.07) is -0.0501. The van der Waals surface area contributed by atoms with Crippen LogP contribution in [0.4, 0.5) is 5.95 Å². The largest absolute Gasteiger partial charge is 0.355 e. The van der Waals surface area contributed by atoms with Crippen LogP contribution in [-0.2, 0) is 10.0 Å². The van der Waals surface area contributed by atoms with Gasteiger partial charge in [0, 0.05) is 12.6 Å². The van der Waals surface area contributed by atoms with Crippen molar-refractivity contribution in [1.29, 1.82) is 0 Å². The Balaban J connectivity index is 2.01. The van der Waals surface area contributed by atoms with Crippen molar-refractivity contribution in [1.82, 2.24) is 14.7 Å². The minimum Gasteiger partial charge on any atom is -0.355 e. The van der Waals surface area contributed by atoms with Crippen LogP contribution in [0.5, 0.6) is 0 Å². The summed E-state index contributed by atoms with van der Waals surface area (Å²) in [5, 5.41) is 2.92. The van der Waals surface area contributed by atoms with E-state index in [1.165, 1.54) is 25.2 Å². The first-order valence-electron chi connectivity index (χ1n) is 6.59. The van der Waals surface area contributed by atoms with Crippen LogP contribution in [0.3, 0.4) is 0 Å². The molecule has 0 radical (unpaired) electrons. The molecule has 19 heavy (non-hydrogen) atoms. The number of hydrogen-bond acceptors (Lipinski definition) is 5. The second-order valence-corrected chi connectivity index (χ2v) is 6.69. The van der Waals surface area contributed by atoms with Crippen molar-refractivity contribution < 1.29 is 8.42 Å². The van der Waals surface area contributed by atoms with Crippen molar-refractivity contribution in [3.63, 3.8) is 0 Å². The lowest BCUT2D eigenvalue weighted by Crippen LogP contribution is -2.33. The minimum atomic E-state index is -3.51. The molecule has 0 aliphatic heterocycles. The zero-order chi connectivity index (χ0) is 13.9. The lowest BCUT2D eigenvalue weighted by molar-refractivity contribution is 0.529. The van der Waals surface area contributed by atoms with Gasteiger partial charge in [-0.05, 0) is 26.2 Å². The van der Waals surface area contributed by atoms with Crippen molar-refractivity contribution in [3.05, 3.63) is 12.4 Å². The number of aromatic nitrogens is 2. The van der Waals surface area contributed by atoms with Gasteiger partial charge in [-0.25, -0.2) is 23.1 Å². The topological polar surface area (TPSA) is 84.0 Å². The molecule has 1 fully saturated rings. The molecule has 1 unspecified atom stereocenters. The molecule has 0 spiro atoms. The van der Waals surface area contributed by atoms with Gasteiger partial charge in [0.15, 0.2) is 0 Å². The fraction of sp³-hybridized carbons (Fsp3) is 0.667. The summed E-state index contributed by atoms with van der Waals surface area (Å²) in [6.45, 7) is 4.52. The van der Waals surface area contributed by atoms with Crippen LogP contribution in [0.2, 0.25) is 0 Å². The van der Waals surface area contributed by atoms with Gasteiger partial charge < -0.3 is 5.32 Å². The fourth-order valence-corrected chi connectivity index (χ4v) is 3.08. The predicted octanol–water partition coefficient (Wildman–Crippen LogP) is 1.38. The SMILES string of the molecule is CCNc1ncc(S(=O)(=O)NC(C)CC2CC2)cn1. The van der Waals surface area contributed by atoms with Gasteiger partial charge in [-0.3, -0.25) is 0 Å². The molecular weight excluding hydrogens is 264 g/mol. The minimum absolute atomic E-state index is 0.0501. The third-order valence-corrected chi connectivity index (χ3v) is 4.56. The zero-order valence-electron chi connectivity index (χ0n) is 11.3. The smallest absolute Gasteiger partial charge is 0.243 e. The summed E-state index contributed by atoms with van der Waals surface area (Å²) in [6.07, 6.45) is 5.99. The van der Waals surface area contributed by atoms with E-state index in [9.17, 15) is 8.42 Å². The molecule has 1 aromatic heterocycles. The van der Waals surface area contributed by atoms with Crippen molar-refractivity contribution in [2.75, 3.05) is 11.9 Å². The van der Waals surface area contributed by atoms with Crippen LogP contribution in [0.1, 0.15) is 33.1 Å². The molecule has 1 aliphatic carbocycles. The lowest BCUT2D eigenvalue weighted by Gasteiger charge is -2.13. The Bertz CT molecular complexity index is 511. The van der Waals surface area contributed by atoms with Crippen molar-refractivity contribution in [2.45, 2.75) is 44.0 Å². The Hall–Kier alpha value is -1.21. The van der Waals surface area contributed by atoms with Gasteiger partial charge in [0.25, 0.3) is 0 Å². The van der Waals surface area contributed by atoms with E-state index in [2.05, 4.69) is 20.0 Å². The van der Waals surface area contributed by atoms with Crippen LogP contribution in [-0.4, -0.2) is 31.0 Å². The van der Waals surface area contributed by atoms with E-state index >= 15 is 0 Å². The molecule has 106 valence electrons. The summed E-state index contributed by atoms with van der Waals surface area (Å²) in [5.41, 5.74) is 0. The molecule has 6 nitrogen and oxygen atoms in total. The maximum atomic E-state index is 12.1. The molecule has 0 amide bonds. The first kappa shape index (κ1) is 14.2. The quantitative estimate of drug-likeness (QED) is 0.790. The van der Waals surface area contributed by atoms with Gasteiger partial charge >= 0.3 is 0 Å². The van der Waals surface area contributed by atoms with E-state index in [1.54, 1.807) is 0 Å². The normalized spacial score (nSPS) is 17.2. The highest BCUT2D eigenvalue weighted by atomic mass is 32.2. The van der Waals surface area contributed by atoms with Crippen LogP contribution < -0.4 is 10.0 Å². The first-order valence-corrected chi connectivity index (χ1v) is 8.08. The van der Waals surface area contributed by atoms with E-state index in [-0.39, 0.29) is 10.9 Å². The maximum absolute atomic E-state index is 12.1. The molecule has 1 aromatic rings. The Kier molecular flexibility index (Phi) is 4.36. The summed E-state index contributed by atoms with van der Waals surface area (Å²) < 4.78 is 26.9. The third-order valence-electron chi connectivity index (χ3n) is 3.01. The zero-order valence-corrected chi connectivity index (χ0v) is 12.1. The number of nitrogens with zero attached hydrogens (tertiary/aromatic N) is 2. The van der Waals surface area contributed by atoms with Gasteiger partial charge in [0.2, 0.25) is 16.0 Å². The van der Waals surface area contributed by atoms with E-state index in [0.29, 0.717) is 18.4 Å². The molecule has 1 atom stereocenters. The Labute approximate surface area is 114 Å². The number of nitrogens with one attached hydrogen (secondary N) is 2. The number of hydrogen-bond donors (Lipinski definition) is 2. The monoisotopic (exact) mass is 284 g/mol. The Morgan fingerprint density at radius 3 is 2.53 bits per heavy atom. The highest BCUT2D eigenvalue weighted by Gasteiger charge is 2.26. The van der Waals surface area contributed by atoms with Crippen LogP contribution >= 0.6 is 0 Å². The van der Waals surface area contributed by atoms with E-state index in [0.717, 1.165) is 6.42 Å². The molecule has 1 saturated carbocycles. The van der Waals surface area contributed by atoms with E-state index in [4.69, 9.17) is 0 Å². The van der Waals surface area contributed by atoms with Crippen molar-refractivity contribution in [2.24, 2.45) is 5.92 Å². The average Bonchev–Trinajstić information content (AvgIpc) is 3.13. The van der Waals surface area contributed by atoms with E-state index in [1.807, 2.05) is 13.8 Å². The molecule has 2 N–H and O–H groups in total. The standard InChI is InChI=1S/C12H20N4O2S/c1-3-13-12-14-7-11(8-15-12)19(17,18)16-9(2)6-10-4-5-10/h7-10,16H,3-6H2,1-2H3,(H,13,14,15). The first-order chi connectivity index (χ1) is 9.01. The second-order valence-electron chi connectivity index (χ2n) is 4.97. The highest BCUT2D eigenvalue weighted by Crippen LogP contribution is 2.33. The van der Waals surface area contributed by atoms with Crippen molar-refractivity contribution in [3.8, 4) is 0 Å². The van der Waals surface area contributed by atoms with Gasteiger partial charge in [0.1, 0.15) is 4.90 Å². The predicted molar refractivity (Wildman–Crippen MR) is 73.3 cm³/mol. The summed E-state index contributed by atoms with van der Waals surface area (Å²) in [7, 11) is -3.51. The fourth-order valence-electron chi connectivity index (χ4n) is 1.94. The molecule has 0 saturated heterocycles. The summed E-state index contributed by atoms with van der Waals surface area (Å²) in [5.74, 6) is 1.12. The highest BCUT2D eigenvalue weighted by molar-refractivity contribution is 7.89. The second kappa shape index (κ2) is 5.83. The van der Waals surface area contributed by atoms with Gasteiger partial charge in [0.05, 0.1) is 12.4 Å². The van der Waals surface area contributed by atoms with Crippen molar-refractivity contribution >= 4 is 16.0 Å².